The quantitative estimate of drug-likeness (QED) is 0.788. The van der Waals surface area contributed by atoms with Crippen LogP contribution in [0.2, 0.25) is 0 Å². The van der Waals surface area contributed by atoms with Gasteiger partial charge in [-0.25, -0.2) is 9.18 Å². The molecule has 4 heteroatoms. The van der Waals surface area contributed by atoms with Gasteiger partial charge in [0.1, 0.15) is 11.9 Å². The van der Waals surface area contributed by atoms with E-state index in [-0.39, 0.29) is 24.0 Å². The Labute approximate surface area is 112 Å². The molecular formula is C15H19FO3. The zero-order chi connectivity index (χ0) is 13.8. The Morgan fingerprint density at radius 2 is 2.05 bits per heavy atom. The largest absolute Gasteiger partial charge is 0.459 e. The molecule has 1 aromatic rings. The van der Waals surface area contributed by atoms with Crippen LogP contribution in [-0.2, 0) is 9.47 Å². The molecule has 2 unspecified atom stereocenters. The van der Waals surface area contributed by atoms with Gasteiger partial charge in [0.25, 0.3) is 0 Å². The number of rotatable bonds is 3. The minimum atomic E-state index is -0.376. The second-order valence-corrected chi connectivity index (χ2v) is 5.01. The Morgan fingerprint density at radius 3 is 2.74 bits per heavy atom. The lowest BCUT2D eigenvalue weighted by Gasteiger charge is -2.28. The van der Waals surface area contributed by atoms with E-state index in [1.165, 1.54) is 18.2 Å². The van der Waals surface area contributed by atoms with Crippen LogP contribution in [0.1, 0.15) is 41.6 Å². The zero-order valence-electron chi connectivity index (χ0n) is 11.3. The van der Waals surface area contributed by atoms with Crippen molar-refractivity contribution < 1.29 is 18.7 Å². The van der Waals surface area contributed by atoms with Gasteiger partial charge in [-0.15, -0.1) is 0 Å². The van der Waals surface area contributed by atoms with E-state index >= 15 is 0 Å². The fourth-order valence-corrected chi connectivity index (χ4v) is 2.49. The molecule has 0 saturated heterocycles. The predicted octanol–water partition coefficient (Wildman–Crippen LogP) is 3.25. The van der Waals surface area contributed by atoms with Gasteiger partial charge >= 0.3 is 5.97 Å². The molecule has 0 N–H and O–H groups in total. The van der Waals surface area contributed by atoms with Gasteiger partial charge in [0.2, 0.25) is 0 Å². The minimum Gasteiger partial charge on any atom is -0.459 e. The number of carbonyl (C=O) groups excluding carboxylic acids is 1. The first-order valence-corrected chi connectivity index (χ1v) is 6.60. The molecule has 0 heterocycles. The van der Waals surface area contributed by atoms with Crippen molar-refractivity contribution in [1.29, 1.82) is 0 Å². The summed E-state index contributed by atoms with van der Waals surface area (Å²) >= 11 is 0. The van der Waals surface area contributed by atoms with Crippen LogP contribution in [0.15, 0.2) is 18.2 Å². The molecule has 0 aromatic heterocycles. The standard InChI is InChI=1S/C15H19FO3/c1-10-8-11(16)6-7-14(10)15(17)19-13-5-3-4-12(9-13)18-2/h6-8,12-13H,3-5,9H2,1-2H3. The van der Waals surface area contributed by atoms with Gasteiger partial charge in [-0.3, -0.25) is 0 Å². The molecule has 3 nitrogen and oxygen atoms in total. The van der Waals surface area contributed by atoms with E-state index in [4.69, 9.17) is 9.47 Å². The summed E-state index contributed by atoms with van der Waals surface area (Å²) in [4.78, 5) is 12.1. The fourth-order valence-electron chi connectivity index (χ4n) is 2.49. The van der Waals surface area contributed by atoms with E-state index < -0.39 is 0 Å². The van der Waals surface area contributed by atoms with Crippen molar-refractivity contribution in [3.63, 3.8) is 0 Å². The topological polar surface area (TPSA) is 35.5 Å². The average Bonchev–Trinajstić information content (AvgIpc) is 2.38. The first-order chi connectivity index (χ1) is 9.10. The van der Waals surface area contributed by atoms with Gasteiger partial charge in [-0.1, -0.05) is 0 Å². The van der Waals surface area contributed by atoms with Crippen molar-refractivity contribution in [1.82, 2.24) is 0 Å². The van der Waals surface area contributed by atoms with Crippen molar-refractivity contribution in [2.24, 2.45) is 0 Å². The number of methoxy groups -OCH3 is 1. The second kappa shape index (κ2) is 6.15. The van der Waals surface area contributed by atoms with Crippen LogP contribution < -0.4 is 0 Å². The first-order valence-electron chi connectivity index (χ1n) is 6.60. The molecule has 1 fully saturated rings. The summed E-state index contributed by atoms with van der Waals surface area (Å²) in [5.41, 5.74) is 1.03. The highest BCUT2D eigenvalue weighted by Gasteiger charge is 2.25. The number of hydrogen-bond donors (Lipinski definition) is 0. The number of ether oxygens (including phenoxy) is 2. The SMILES string of the molecule is COC1CCCC(OC(=O)c2ccc(F)cc2C)C1. The summed E-state index contributed by atoms with van der Waals surface area (Å²) in [6.45, 7) is 1.71. The van der Waals surface area contributed by atoms with Gasteiger partial charge in [-0.05, 0) is 49.9 Å². The van der Waals surface area contributed by atoms with Gasteiger partial charge in [0.05, 0.1) is 11.7 Å². The van der Waals surface area contributed by atoms with E-state index in [9.17, 15) is 9.18 Å². The van der Waals surface area contributed by atoms with Crippen molar-refractivity contribution in [2.45, 2.75) is 44.8 Å². The number of aryl methyl sites for hydroxylation is 1. The summed E-state index contributed by atoms with van der Waals surface area (Å²) in [5, 5.41) is 0. The Hall–Kier alpha value is -1.42. The van der Waals surface area contributed by atoms with Crippen molar-refractivity contribution in [3.8, 4) is 0 Å². The Morgan fingerprint density at radius 1 is 1.32 bits per heavy atom. The van der Waals surface area contributed by atoms with E-state index in [0.717, 1.165) is 25.7 Å². The Bertz CT molecular complexity index is 459. The average molecular weight is 266 g/mol. The minimum absolute atomic E-state index is 0.101. The van der Waals surface area contributed by atoms with Crippen LogP contribution in [-0.4, -0.2) is 25.3 Å². The highest BCUT2D eigenvalue weighted by atomic mass is 19.1. The highest BCUT2D eigenvalue weighted by Crippen LogP contribution is 2.24. The molecule has 1 aromatic carbocycles. The molecule has 2 rings (SSSR count). The maximum absolute atomic E-state index is 13.0. The molecule has 2 atom stereocenters. The number of benzene rings is 1. The van der Waals surface area contributed by atoms with Crippen LogP contribution in [0.5, 0.6) is 0 Å². The molecule has 104 valence electrons. The van der Waals surface area contributed by atoms with Gasteiger partial charge < -0.3 is 9.47 Å². The number of hydrogen-bond acceptors (Lipinski definition) is 3. The van der Waals surface area contributed by atoms with Crippen molar-refractivity contribution in [3.05, 3.63) is 35.1 Å². The van der Waals surface area contributed by atoms with Gasteiger partial charge in [0, 0.05) is 13.5 Å². The molecule has 19 heavy (non-hydrogen) atoms. The smallest absolute Gasteiger partial charge is 0.338 e. The third kappa shape index (κ3) is 3.53. The number of carbonyl (C=O) groups is 1. The Kier molecular flexibility index (Phi) is 4.53. The number of esters is 1. The molecule has 0 bridgehead atoms. The molecule has 0 radical (unpaired) electrons. The normalized spacial score (nSPS) is 23.1. The van der Waals surface area contributed by atoms with E-state index in [2.05, 4.69) is 0 Å². The maximum atomic E-state index is 13.0. The highest BCUT2D eigenvalue weighted by molar-refractivity contribution is 5.91. The molecule has 1 aliphatic rings. The van der Waals surface area contributed by atoms with Crippen LogP contribution in [0.3, 0.4) is 0 Å². The molecule has 0 amide bonds. The third-order valence-electron chi connectivity index (χ3n) is 3.59. The van der Waals surface area contributed by atoms with Crippen molar-refractivity contribution >= 4 is 5.97 Å². The van der Waals surface area contributed by atoms with E-state index in [0.29, 0.717) is 11.1 Å². The van der Waals surface area contributed by atoms with E-state index in [1.807, 2.05) is 0 Å². The van der Waals surface area contributed by atoms with Crippen molar-refractivity contribution in [2.75, 3.05) is 7.11 Å². The van der Waals surface area contributed by atoms with Crippen LogP contribution in [0.4, 0.5) is 4.39 Å². The van der Waals surface area contributed by atoms with Crippen LogP contribution in [0.25, 0.3) is 0 Å². The summed E-state index contributed by atoms with van der Waals surface area (Å²) in [6.07, 6.45) is 3.68. The lowest BCUT2D eigenvalue weighted by Crippen LogP contribution is -2.29. The van der Waals surface area contributed by atoms with Crippen LogP contribution >= 0.6 is 0 Å². The molecule has 1 saturated carbocycles. The van der Waals surface area contributed by atoms with Crippen LogP contribution in [0, 0.1) is 12.7 Å². The Balaban J connectivity index is 2.00. The summed E-state index contributed by atoms with van der Waals surface area (Å²) < 4.78 is 23.8. The molecule has 1 aliphatic carbocycles. The maximum Gasteiger partial charge on any atom is 0.338 e. The molecule has 0 spiro atoms. The zero-order valence-corrected chi connectivity index (χ0v) is 11.3. The lowest BCUT2D eigenvalue weighted by molar-refractivity contribution is -0.0149. The molecular weight excluding hydrogens is 247 g/mol. The summed E-state index contributed by atoms with van der Waals surface area (Å²) in [7, 11) is 1.68. The fraction of sp³-hybridized carbons (Fsp3) is 0.533. The molecule has 0 aliphatic heterocycles. The predicted molar refractivity (Wildman–Crippen MR) is 69.6 cm³/mol. The second-order valence-electron chi connectivity index (χ2n) is 5.01. The van der Waals surface area contributed by atoms with Gasteiger partial charge in [0.15, 0.2) is 0 Å². The van der Waals surface area contributed by atoms with Gasteiger partial charge in [-0.2, -0.15) is 0 Å². The lowest BCUT2D eigenvalue weighted by atomic mass is 9.95. The summed E-state index contributed by atoms with van der Waals surface area (Å²) in [5.74, 6) is -0.717. The third-order valence-corrected chi connectivity index (χ3v) is 3.59. The monoisotopic (exact) mass is 266 g/mol. The first kappa shape index (κ1) is 14.0. The number of halogens is 1. The summed E-state index contributed by atoms with van der Waals surface area (Å²) in [6, 6.07) is 4.10. The van der Waals surface area contributed by atoms with E-state index in [1.54, 1.807) is 14.0 Å².